The number of benzene rings is 3. The van der Waals surface area contributed by atoms with Crippen LogP contribution in [-0.4, -0.2) is 91.7 Å². The van der Waals surface area contributed by atoms with Crippen LogP contribution < -0.4 is 16.0 Å². The summed E-state index contributed by atoms with van der Waals surface area (Å²) in [5.41, 5.74) is 8.63. The van der Waals surface area contributed by atoms with Gasteiger partial charge in [-0.15, -0.1) is 0 Å². The second kappa shape index (κ2) is 20.9. The van der Waals surface area contributed by atoms with Crippen LogP contribution in [0.4, 0.5) is 0 Å². The number of hydrogen-bond donors (Lipinski definition) is 3. The molecule has 10 heteroatoms. The highest BCUT2D eigenvalue weighted by atomic mass is 16.5. The molecule has 1 amide bonds. The van der Waals surface area contributed by atoms with E-state index in [1.165, 1.54) is 16.6 Å². The highest BCUT2D eigenvalue weighted by Gasteiger charge is 2.39. The highest BCUT2D eigenvalue weighted by molar-refractivity contribution is 5.96. The lowest BCUT2D eigenvalue weighted by atomic mass is 9.83. The first-order chi connectivity index (χ1) is 31.0. The molecule has 9 rings (SSSR count). The van der Waals surface area contributed by atoms with E-state index in [1.807, 2.05) is 0 Å². The average Bonchev–Trinajstić information content (AvgIpc) is 3.91. The molecule has 64 heavy (non-hydrogen) atoms. The molecule has 3 N–H and O–H groups in total. The van der Waals surface area contributed by atoms with Crippen molar-refractivity contribution in [3.05, 3.63) is 83.4 Å². The van der Waals surface area contributed by atoms with Gasteiger partial charge in [-0.05, 0) is 137 Å². The van der Waals surface area contributed by atoms with Crippen LogP contribution in [0.5, 0.6) is 0 Å². The Labute approximate surface area is 381 Å². The molecule has 5 atom stereocenters. The van der Waals surface area contributed by atoms with Gasteiger partial charge in [-0.25, -0.2) is 0 Å². The van der Waals surface area contributed by atoms with Gasteiger partial charge in [0.05, 0.1) is 30.5 Å². The second-order valence-corrected chi connectivity index (χ2v) is 20.0. The fourth-order valence-electron chi connectivity index (χ4n) is 11.4. The maximum Gasteiger partial charge on any atom is 0.323 e. The minimum atomic E-state index is -0.661. The number of hydrogen-bond acceptors (Lipinski definition) is 8. The minimum Gasteiger partial charge on any atom is -0.464 e. The van der Waals surface area contributed by atoms with Crippen molar-refractivity contribution < 1.29 is 23.9 Å². The third kappa shape index (κ3) is 10.4. The molecule has 5 aliphatic rings. The summed E-state index contributed by atoms with van der Waals surface area (Å²) < 4.78 is 14.6. The number of carbonyl (C=O) groups excluding carboxylic acids is 3. The standard InChI is InChI=1S/C54H73N5O5/c1-6-59-48-24-23-41-33-44(48)45(50(59)43-21-10-9-20-42(43)36(2)63-5)34-54(3,4)35-64-53(62)46-22-12-18-39(25-28-56-46)51(60)47(32-37-15-11-19-40(41)31-37)57-52(61)49(38-16-7-8-17-38)58-29-13-26-55-27-14-30-58/h9-11,15,19-21,23-24,31,33,36,38-39,46-47,49,55-56H,6-8,12-14,16-18,22,25-30,32,34-35H2,1-5H3,(H,57,61)/t36-,39?,46-,47-,49-/m0/s1. The Bertz CT molecular complexity index is 2240. The molecule has 1 aliphatic carbocycles. The number of fused-ring (bicyclic) bond motifs is 10. The van der Waals surface area contributed by atoms with Crippen molar-refractivity contribution in [3.8, 4) is 22.4 Å². The summed E-state index contributed by atoms with van der Waals surface area (Å²) in [4.78, 5) is 46.1. The number of ether oxygens (including phenoxy) is 2. The zero-order valence-electron chi connectivity index (χ0n) is 39.2. The van der Waals surface area contributed by atoms with E-state index in [0.29, 0.717) is 44.6 Å². The molecule has 6 bridgehead atoms. The van der Waals surface area contributed by atoms with E-state index in [4.69, 9.17) is 9.47 Å². The Morgan fingerprint density at radius 3 is 2.42 bits per heavy atom. The SMILES string of the molecule is CCn1c(-c2ccccc2[C@H](C)OC)c2c3cc(ccc31)-c1cccc(c1)C[C@H](NC(=O)[C@H](C1CCCC1)N1CCCNCCC1)C(=O)C1CCC[C@H](NCC1)C(=O)OCC(C)(C)C2. The van der Waals surface area contributed by atoms with Crippen LogP contribution in [0.2, 0.25) is 0 Å². The minimum absolute atomic E-state index is 0.00906. The maximum atomic E-state index is 15.0. The van der Waals surface area contributed by atoms with Crippen LogP contribution in [0.25, 0.3) is 33.3 Å². The van der Waals surface area contributed by atoms with E-state index in [9.17, 15) is 14.4 Å². The number of Topliss-reactive ketones (excluding diaryl/α,β-unsaturated/α-hetero) is 1. The molecule has 2 saturated heterocycles. The number of methoxy groups -OCH3 is 1. The third-order valence-electron chi connectivity index (χ3n) is 14.8. The molecule has 3 aromatic carbocycles. The molecule has 4 aromatic rings. The molecule has 1 unspecified atom stereocenters. The monoisotopic (exact) mass is 872 g/mol. The number of ketones is 1. The predicted molar refractivity (Wildman–Crippen MR) is 256 cm³/mol. The van der Waals surface area contributed by atoms with Crippen molar-refractivity contribution in [1.29, 1.82) is 0 Å². The Morgan fingerprint density at radius 2 is 1.66 bits per heavy atom. The van der Waals surface area contributed by atoms with Gasteiger partial charge in [0.2, 0.25) is 5.91 Å². The normalized spacial score (nSPS) is 24.1. The molecular formula is C54H73N5O5. The quantitative estimate of drug-likeness (QED) is 0.151. The first-order valence-electron chi connectivity index (χ1n) is 24.6. The van der Waals surface area contributed by atoms with Crippen LogP contribution in [0.3, 0.4) is 0 Å². The first-order valence-corrected chi connectivity index (χ1v) is 24.6. The fourth-order valence-corrected chi connectivity index (χ4v) is 11.4. The van der Waals surface area contributed by atoms with Gasteiger partial charge in [-0.3, -0.25) is 19.3 Å². The van der Waals surface area contributed by atoms with Gasteiger partial charge in [0.25, 0.3) is 0 Å². The summed E-state index contributed by atoms with van der Waals surface area (Å²) in [5, 5.41) is 11.6. The van der Waals surface area contributed by atoms with Gasteiger partial charge in [0.1, 0.15) is 6.04 Å². The molecule has 0 radical (unpaired) electrons. The third-order valence-corrected chi connectivity index (χ3v) is 14.8. The highest BCUT2D eigenvalue weighted by Crippen LogP contribution is 2.42. The number of esters is 1. The van der Waals surface area contributed by atoms with Gasteiger partial charge >= 0.3 is 5.97 Å². The van der Waals surface area contributed by atoms with Crippen molar-refractivity contribution in [2.45, 2.75) is 136 Å². The lowest BCUT2D eigenvalue weighted by Gasteiger charge is -2.37. The number of nitrogens with zero attached hydrogens (tertiary/aromatic N) is 2. The van der Waals surface area contributed by atoms with Crippen molar-refractivity contribution in [3.63, 3.8) is 0 Å². The molecule has 344 valence electrons. The number of aryl methyl sites for hydroxylation is 1. The van der Waals surface area contributed by atoms with Crippen molar-refractivity contribution in [2.24, 2.45) is 17.3 Å². The first kappa shape index (κ1) is 46.2. The van der Waals surface area contributed by atoms with E-state index < -0.39 is 12.1 Å². The molecule has 10 nitrogen and oxygen atoms in total. The Kier molecular flexibility index (Phi) is 15.1. The smallest absolute Gasteiger partial charge is 0.323 e. The summed E-state index contributed by atoms with van der Waals surface area (Å²) >= 11 is 0. The molecule has 5 heterocycles. The average molecular weight is 872 g/mol. The molecule has 0 spiro atoms. The van der Waals surface area contributed by atoms with Crippen LogP contribution in [0.15, 0.2) is 66.7 Å². The van der Waals surface area contributed by atoms with Crippen molar-refractivity contribution in [2.75, 3.05) is 46.4 Å². The van der Waals surface area contributed by atoms with E-state index >= 15 is 0 Å². The Hall–Kier alpha value is -4.35. The number of carbonyl (C=O) groups is 3. The van der Waals surface area contributed by atoms with Gasteiger partial charge in [-0.1, -0.05) is 87.7 Å². The van der Waals surface area contributed by atoms with Crippen LogP contribution in [-0.2, 0) is 43.2 Å². The van der Waals surface area contributed by atoms with E-state index in [0.717, 1.165) is 111 Å². The molecule has 4 aliphatic heterocycles. The Balaban J connectivity index is 1.21. The van der Waals surface area contributed by atoms with E-state index in [2.05, 4.69) is 120 Å². The Morgan fingerprint density at radius 1 is 0.891 bits per heavy atom. The number of aromatic nitrogens is 1. The van der Waals surface area contributed by atoms with Crippen LogP contribution >= 0.6 is 0 Å². The zero-order valence-corrected chi connectivity index (χ0v) is 39.2. The predicted octanol–water partition coefficient (Wildman–Crippen LogP) is 8.82. The number of rotatable bonds is 8. The second-order valence-electron chi connectivity index (χ2n) is 20.0. The zero-order chi connectivity index (χ0) is 44.8. The largest absolute Gasteiger partial charge is 0.464 e. The molecule has 1 saturated carbocycles. The van der Waals surface area contributed by atoms with Gasteiger partial charge in [-0.2, -0.15) is 0 Å². The summed E-state index contributed by atoms with van der Waals surface area (Å²) in [5.74, 6) is -0.0514. The van der Waals surface area contributed by atoms with E-state index in [-0.39, 0.29) is 47.7 Å². The van der Waals surface area contributed by atoms with Crippen molar-refractivity contribution >= 4 is 28.6 Å². The van der Waals surface area contributed by atoms with E-state index in [1.54, 1.807) is 7.11 Å². The summed E-state index contributed by atoms with van der Waals surface area (Å²) in [7, 11) is 1.76. The summed E-state index contributed by atoms with van der Waals surface area (Å²) in [6, 6.07) is 22.6. The molecule has 1 aromatic heterocycles. The lowest BCUT2D eigenvalue weighted by Crippen LogP contribution is -2.56. The summed E-state index contributed by atoms with van der Waals surface area (Å²) in [6.45, 7) is 14.0. The van der Waals surface area contributed by atoms with Crippen LogP contribution in [0, 0.1) is 17.3 Å². The number of amides is 1. The lowest BCUT2D eigenvalue weighted by molar-refractivity contribution is -0.149. The molecular weight excluding hydrogens is 799 g/mol. The van der Waals surface area contributed by atoms with Gasteiger partial charge < -0.3 is 30.0 Å². The number of nitrogens with one attached hydrogen (secondary N) is 3. The topological polar surface area (TPSA) is 114 Å². The summed E-state index contributed by atoms with van der Waals surface area (Å²) in [6.07, 6.45) is 10.0. The van der Waals surface area contributed by atoms with Gasteiger partial charge in [0.15, 0.2) is 5.78 Å². The van der Waals surface area contributed by atoms with Crippen LogP contribution in [0.1, 0.15) is 115 Å². The van der Waals surface area contributed by atoms with Gasteiger partial charge in [0, 0.05) is 54.5 Å². The maximum absolute atomic E-state index is 15.0. The fraction of sp³-hybridized carbons (Fsp3) is 0.574. The molecule has 3 fully saturated rings. The van der Waals surface area contributed by atoms with Crippen molar-refractivity contribution in [1.82, 2.24) is 25.4 Å².